The van der Waals surface area contributed by atoms with Crippen LogP contribution in [0.2, 0.25) is 0 Å². The van der Waals surface area contributed by atoms with Crippen molar-refractivity contribution in [2.45, 2.75) is 25.0 Å². The molecule has 7 nitrogen and oxygen atoms in total. The van der Waals surface area contributed by atoms with Crippen LogP contribution in [0.5, 0.6) is 5.75 Å². The van der Waals surface area contributed by atoms with Gasteiger partial charge < -0.3 is 10.1 Å². The highest BCUT2D eigenvalue weighted by atomic mass is 32.2. The molecule has 0 radical (unpaired) electrons. The Labute approximate surface area is 166 Å². The van der Waals surface area contributed by atoms with Crippen LogP contribution in [-0.4, -0.2) is 38.5 Å². The van der Waals surface area contributed by atoms with Crippen LogP contribution in [0.3, 0.4) is 0 Å². The Hall–Kier alpha value is -2.94. The summed E-state index contributed by atoms with van der Waals surface area (Å²) in [5.41, 5.74) is 1.53. The Bertz CT molecular complexity index is 932. The van der Waals surface area contributed by atoms with Gasteiger partial charge in [-0.25, -0.2) is 4.39 Å². The number of ether oxygens (including phenoxy) is 1. The van der Waals surface area contributed by atoms with Gasteiger partial charge >= 0.3 is 0 Å². The summed E-state index contributed by atoms with van der Waals surface area (Å²) in [5.74, 6) is 0.322. The monoisotopic (exact) mass is 401 g/mol. The average molecular weight is 401 g/mol. The van der Waals surface area contributed by atoms with E-state index in [4.69, 9.17) is 4.74 Å². The molecule has 28 heavy (non-hydrogen) atoms. The lowest BCUT2D eigenvalue weighted by Gasteiger charge is -2.14. The lowest BCUT2D eigenvalue weighted by Crippen LogP contribution is -2.28. The van der Waals surface area contributed by atoms with Gasteiger partial charge in [-0.1, -0.05) is 36.0 Å². The van der Waals surface area contributed by atoms with Crippen LogP contribution in [0, 0.1) is 5.82 Å². The number of nitrogens with one attached hydrogen (secondary N) is 1. The quantitative estimate of drug-likeness (QED) is 0.584. The van der Waals surface area contributed by atoms with Gasteiger partial charge in [0, 0.05) is 0 Å². The molecule has 1 amide bonds. The van der Waals surface area contributed by atoms with E-state index in [0.717, 1.165) is 5.56 Å². The van der Waals surface area contributed by atoms with Gasteiger partial charge in [-0.3, -0.25) is 4.79 Å². The summed E-state index contributed by atoms with van der Waals surface area (Å²) in [6.07, 6.45) is 0. The molecule has 3 rings (SSSR count). The van der Waals surface area contributed by atoms with Crippen LogP contribution in [0.1, 0.15) is 25.5 Å². The number of tetrazole rings is 1. The fourth-order valence-corrected chi connectivity index (χ4v) is 3.27. The van der Waals surface area contributed by atoms with E-state index in [2.05, 4.69) is 20.8 Å². The Balaban J connectivity index is 1.64. The van der Waals surface area contributed by atoms with E-state index in [1.807, 2.05) is 38.1 Å². The molecule has 0 saturated heterocycles. The molecular formula is C19H20FN5O2S. The van der Waals surface area contributed by atoms with Crippen LogP contribution in [-0.2, 0) is 4.79 Å². The summed E-state index contributed by atoms with van der Waals surface area (Å²) in [5, 5.41) is 15.1. The molecule has 1 N–H and O–H groups in total. The third-order valence-corrected chi connectivity index (χ3v) is 4.83. The van der Waals surface area contributed by atoms with Crippen LogP contribution in [0.15, 0.2) is 53.7 Å². The minimum absolute atomic E-state index is 0.142. The summed E-state index contributed by atoms with van der Waals surface area (Å²) >= 11 is 1.22. The van der Waals surface area contributed by atoms with Gasteiger partial charge in [-0.2, -0.15) is 4.68 Å². The molecular weight excluding hydrogens is 381 g/mol. The van der Waals surface area contributed by atoms with Gasteiger partial charge in [-0.15, -0.1) is 5.10 Å². The fourth-order valence-electron chi connectivity index (χ4n) is 2.58. The molecule has 1 unspecified atom stereocenters. The zero-order chi connectivity index (χ0) is 19.9. The van der Waals surface area contributed by atoms with Crippen molar-refractivity contribution >= 4 is 17.7 Å². The van der Waals surface area contributed by atoms with Crippen molar-refractivity contribution in [3.05, 3.63) is 59.9 Å². The molecule has 0 bridgehead atoms. The van der Waals surface area contributed by atoms with Crippen molar-refractivity contribution in [3.63, 3.8) is 0 Å². The molecule has 0 aliphatic carbocycles. The van der Waals surface area contributed by atoms with Crippen LogP contribution < -0.4 is 10.1 Å². The van der Waals surface area contributed by atoms with Crippen LogP contribution in [0.25, 0.3) is 5.69 Å². The SMILES string of the molecule is CCOc1ccccc1-n1nnnc1SCC(=O)NC(C)c1ccc(F)cc1. The number of halogens is 1. The van der Waals surface area contributed by atoms with Gasteiger partial charge in [0.25, 0.3) is 0 Å². The fraction of sp³-hybridized carbons (Fsp3) is 0.263. The Morgan fingerprint density at radius 1 is 1.25 bits per heavy atom. The molecule has 0 fully saturated rings. The van der Waals surface area contributed by atoms with Gasteiger partial charge in [0.2, 0.25) is 11.1 Å². The maximum absolute atomic E-state index is 13.0. The number of hydrogen-bond acceptors (Lipinski definition) is 6. The van der Waals surface area contributed by atoms with Crippen LogP contribution >= 0.6 is 11.8 Å². The highest BCUT2D eigenvalue weighted by Crippen LogP contribution is 2.26. The Morgan fingerprint density at radius 3 is 2.75 bits per heavy atom. The number of thioether (sulfide) groups is 1. The molecule has 0 saturated carbocycles. The number of hydrogen-bond donors (Lipinski definition) is 1. The smallest absolute Gasteiger partial charge is 0.230 e. The maximum atomic E-state index is 13.0. The van der Waals surface area contributed by atoms with Crippen molar-refractivity contribution < 1.29 is 13.9 Å². The minimum atomic E-state index is -0.308. The number of nitrogens with zero attached hydrogens (tertiary/aromatic N) is 4. The van der Waals surface area contributed by atoms with E-state index in [1.54, 1.807) is 16.8 Å². The second-order valence-electron chi connectivity index (χ2n) is 5.90. The minimum Gasteiger partial charge on any atom is -0.492 e. The normalized spacial score (nSPS) is 11.8. The van der Waals surface area contributed by atoms with Crippen LogP contribution in [0.4, 0.5) is 4.39 Å². The highest BCUT2D eigenvalue weighted by Gasteiger charge is 2.16. The molecule has 1 atom stereocenters. The zero-order valence-corrected chi connectivity index (χ0v) is 16.3. The first-order valence-corrected chi connectivity index (χ1v) is 9.75. The number of para-hydroxylation sites is 2. The van der Waals surface area contributed by atoms with Gasteiger partial charge in [0.15, 0.2) is 0 Å². The summed E-state index contributed by atoms with van der Waals surface area (Å²) in [6.45, 7) is 4.27. The summed E-state index contributed by atoms with van der Waals surface area (Å²) < 4.78 is 20.2. The van der Waals surface area contributed by atoms with Gasteiger partial charge in [-0.05, 0) is 54.1 Å². The molecule has 0 aliphatic heterocycles. The first-order valence-electron chi connectivity index (χ1n) is 8.76. The number of aromatic nitrogens is 4. The number of benzene rings is 2. The zero-order valence-electron chi connectivity index (χ0n) is 15.5. The predicted octanol–water partition coefficient (Wildman–Crippen LogP) is 3.17. The van der Waals surface area contributed by atoms with E-state index >= 15 is 0 Å². The second kappa shape index (κ2) is 9.32. The van der Waals surface area contributed by atoms with Crippen molar-refractivity contribution in [1.82, 2.24) is 25.5 Å². The highest BCUT2D eigenvalue weighted by molar-refractivity contribution is 7.99. The van der Waals surface area contributed by atoms with E-state index in [0.29, 0.717) is 23.2 Å². The first-order chi connectivity index (χ1) is 13.6. The lowest BCUT2D eigenvalue weighted by molar-refractivity contribution is -0.119. The molecule has 9 heteroatoms. The number of carbonyl (C=O) groups is 1. The first kappa shape index (κ1) is 19.8. The average Bonchev–Trinajstić information content (AvgIpc) is 3.16. The van der Waals surface area contributed by atoms with Crippen molar-refractivity contribution in [1.29, 1.82) is 0 Å². The van der Waals surface area contributed by atoms with Crippen molar-refractivity contribution in [2.75, 3.05) is 12.4 Å². The van der Waals surface area contributed by atoms with Gasteiger partial charge in [0.1, 0.15) is 17.3 Å². The van der Waals surface area contributed by atoms with Gasteiger partial charge in [0.05, 0.1) is 18.4 Å². The van der Waals surface area contributed by atoms with E-state index in [9.17, 15) is 9.18 Å². The summed E-state index contributed by atoms with van der Waals surface area (Å²) in [6, 6.07) is 13.2. The lowest BCUT2D eigenvalue weighted by atomic mass is 10.1. The second-order valence-corrected chi connectivity index (χ2v) is 6.85. The van der Waals surface area contributed by atoms with Crippen molar-refractivity contribution in [2.24, 2.45) is 0 Å². The number of carbonyl (C=O) groups excluding carboxylic acids is 1. The van der Waals surface area contributed by atoms with E-state index < -0.39 is 0 Å². The third kappa shape index (κ3) is 4.86. The molecule has 0 aliphatic rings. The number of amides is 1. The molecule has 3 aromatic rings. The number of rotatable bonds is 8. The molecule has 1 aromatic heterocycles. The maximum Gasteiger partial charge on any atom is 0.230 e. The van der Waals surface area contributed by atoms with E-state index in [-0.39, 0.29) is 23.5 Å². The molecule has 146 valence electrons. The Kier molecular flexibility index (Phi) is 6.59. The third-order valence-electron chi connectivity index (χ3n) is 3.91. The topological polar surface area (TPSA) is 81.9 Å². The summed E-state index contributed by atoms with van der Waals surface area (Å²) in [4.78, 5) is 12.3. The predicted molar refractivity (Wildman–Crippen MR) is 104 cm³/mol. The molecule has 0 spiro atoms. The standard InChI is InChI=1S/C19H20FN5O2S/c1-3-27-17-7-5-4-6-16(17)25-19(22-23-24-25)28-12-18(26)21-13(2)14-8-10-15(20)11-9-14/h4-11,13H,3,12H2,1-2H3,(H,21,26). The molecule has 2 aromatic carbocycles. The largest absolute Gasteiger partial charge is 0.492 e. The molecule has 1 heterocycles. The summed E-state index contributed by atoms with van der Waals surface area (Å²) in [7, 11) is 0. The van der Waals surface area contributed by atoms with Crippen molar-refractivity contribution in [3.8, 4) is 11.4 Å². The van der Waals surface area contributed by atoms with E-state index in [1.165, 1.54) is 23.9 Å². The Morgan fingerprint density at radius 2 is 2.00 bits per heavy atom.